The Morgan fingerprint density at radius 1 is 1.05 bits per heavy atom. The average Bonchev–Trinajstić information content (AvgIpc) is 2.84. The minimum absolute atomic E-state index is 0.0925. The van der Waals surface area contributed by atoms with Crippen LogP contribution in [0.1, 0.15) is 17.5 Å². The molecule has 4 aromatic rings. The topological polar surface area (TPSA) is 93.6 Å². The third-order valence-corrected chi connectivity index (χ3v) is 6.84. The number of sulfone groups is 1. The zero-order valence-electron chi connectivity index (χ0n) is 20.4. The first-order valence-electron chi connectivity index (χ1n) is 11.6. The van der Waals surface area contributed by atoms with E-state index in [2.05, 4.69) is 4.98 Å². The number of hydrogen-bond acceptors (Lipinski definition) is 5. The molecule has 0 fully saturated rings. The van der Waals surface area contributed by atoms with Crippen LogP contribution >= 0.6 is 0 Å². The lowest BCUT2D eigenvalue weighted by atomic mass is 9.97. The number of aromatic nitrogens is 1. The van der Waals surface area contributed by atoms with E-state index in [0.29, 0.717) is 35.4 Å². The molecule has 0 aliphatic heterocycles. The smallest absolute Gasteiger partial charge is 0.328 e. The number of ether oxygens (including phenoxy) is 1. The van der Waals surface area contributed by atoms with Crippen LogP contribution in [0.5, 0.6) is 5.75 Å². The Labute approximate surface area is 215 Å². The Bertz CT molecular complexity index is 1610. The first-order valence-corrected chi connectivity index (χ1v) is 13.7. The van der Waals surface area contributed by atoms with Gasteiger partial charge < -0.3 is 9.84 Å². The lowest BCUT2D eigenvalue weighted by molar-refractivity contribution is -0.131. The van der Waals surface area contributed by atoms with E-state index in [1.165, 1.54) is 18.4 Å². The van der Waals surface area contributed by atoms with E-state index in [1.807, 2.05) is 61.5 Å². The SMILES string of the molecule is Cc1cc(OCCCS(C)(=O)=O)ccc1-c1cccc(-c2ccc3cc(/C=C/C(=O)O)c(F)cc3n2)c1. The van der Waals surface area contributed by atoms with E-state index in [-0.39, 0.29) is 11.3 Å². The summed E-state index contributed by atoms with van der Waals surface area (Å²) in [6, 6.07) is 20.2. The molecule has 8 heteroatoms. The molecule has 0 spiro atoms. The molecule has 1 N–H and O–H groups in total. The molecule has 4 rings (SSSR count). The van der Waals surface area contributed by atoms with Crippen molar-refractivity contribution in [1.82, 2.24) is 4.98 Å². The fourth-order valence-corrected chi connectivity index (χ4v) is 4.66. The summed E-state index contributed by atoms with van der Waals surface area (Å²) >= 11 is 0. The highest BCUT2D eigenvalue weighted by Crippen LogP contribution is 2.31. The first-order chi connectivity index (χ1) is 17.6. The second kappa shape index (κ2) is 10.9. The monoisotopic (exact) mass is 519 g/mol. The highest BCUT2D eigenvalue weighted by molar-refractivity contribution is 7.90. The second-order valence-electron chi connectivity index (χ2n) is 8.82. The molecule has 1 heterocycles. The van der Waals surface area contributed by atoms with Gasteiger partial charge in [-0.3, -0.25) is 0 Å². The minimum atomic E-state index is -3.00. The number of nitrogens with zero attached hydrogens (tertiary/aromatic N) is 1. The summed E-state index contributed by atoms with van der Waals surface area (Å²) < 4.78 is 42.7. The fraction of sp³-hybridized carbons (Fsp3) is 0.172. The molecule has 0 aliphatic carbocycles. The van der Waals surface area contributed by atoms with Gasteiger partial charge in [-0.15, -0.1) is 0 Å². The maximum atomic E-state index is 14.5. The second-order valence-corrected chi connectivity index (χ2v) is 11.1. The van der Waals surface area contributed by atoms with Gasteiger partial charge >= 0.3 is 5.97 Å². The highest BCUT2D eigenvalue weighted by Gasteiger charge is 2.10. The molecule has 190 valence electrons. The molecule has 1 aromatic heterocycles. The summed E-state index contributed by atoms with van der Waals surface area (Å²) in [6.45, 7) is 2.31. The molecule has 37 heavy (non-hydrogen) atoms. The Morgan fingerprint density at radius 3 is 2.57 bits per heavy atom. The number of aliphatic carboxylic acids is 1. The summed E-state index contributed by atoms with van der Waals surface area (Å²) in [4.78, 5) is 15.4. The van der Waals surface area contributed by atoms with Crippen LogP contribution in [0.3, 0.4) is 0 Å². The van der Waals surface area contributed by atoms with Crippen molar-refractivity contribution in [1.29, 1.82) is 0 Å². The van der Waals surface area contributed by atoms with Gasteiger partial charge in [0.2, 0.25) is 0 Å². The van der Waals surface area contributed by atoms with E-state index in [9.17, 15) is 17.6 Å². The molecule has 0 atom stereocenters. The van der Waals surface area contributed by atoms with Crippen molar-refractivity contribution in [3.05, 3.63) is 89.8 Å². The zero-order valence-corrected chi connectivity index (χ0v) is 21.3. The van der Waals surface area contributed by atoms with Crippen LogP contribution in [0.4, 0.5) is 4.39 Å². The average molecular weight is 520 g/mol. The number of pyridine rings is 1. The van der Waals surface area contributed by atoms with Gasteiger partial charge in [-0.2, -0.15) is 0 Å². The molecule has 0 radical (unpaired) electrons. The number of benzene rings is 3. The van der Waals surface area contributed by atoms with Crippen molar-refractivity contribution in [3.8, 4) is 28.1 Å². The van der Waals surface area contributed by atoms with Crippen LogP contribution in [0.15, 0.2) is 72.8 Å². The number of carbonyl (C=O) groups is 1. The number of aryl methyl sites for hydroxylation is 1. The molecule has 0 saturated carbocycles. The quantitative estimate of drug-likeness (QED) is 0.218. The number of rotatable bonds is 9. The normalized spacial score (nSPS) is 11.8. The highest BCUT2D eigenvalue weighted by atomic mass is 32.2. The van der Waals surface area contributed by atoms with E-state index in [4.69, 9.17) is 9.84 Å². The van der Waals surface area contributed by atoms with Gasteiger partial charge in [-0.1, -0.05) is 30.3 Å². The number of carboxylic acids is 1. The first kappa shape index (κ1) is 26.0. The van der Waals surface area contributed by atoms with Gasteiger partial charge in [-0.05, 0) is 66.4 Å². The van der Waals surface area contributed by atoms with Crippen molar-refractivity contribution < 1.29 is 27.4 Å². The van der Waals surface area contributed by atoms with Crippen molar-refractivity contribution in [2.45, 2.75) is 13.3 Å². The zero-order chi connectivity index (χ0) is 26.6. The number of hydrogen-bond donors (Lipinski definition) is 1. The molecule has 0 bridgehead atoms. The molecule has 0 saturated heterocycles. The molecular formula is C29H26FNO5S. The number of fused-ring (bicyclic) bond motifs is 1. The third kappa shape index (κ3) is 6.80. The van der Waals surface area contributed by atoms with E-state index in [1.54, 1.807) is 6.07 Å². The van der Waals surface area contributed by atoms with Crippen LogP contribution in [0.25, 0.3) is 39.4 Å². The van der Waals surface area contributed by atoms with Crippen LogP contribution in [0, 0.1) is 12.7 Å². The van der Waals surface area contributed by atoms with Crippen LogP contribution in [-0.4, -0.2) is 43.1 Å². The van der Waals surface area contributed by atoms with Crippen molar-refractivity contribution in [2.75, 3.05) is 18.6 Å². The van der Waals surface area contributed by atoms with E-state index < -0.39 is 21.6 Å². The molecular weight excluding hydrogens is 493 g/mol. The largest absolute Gasteiger partial charge is 0.494 e. The van der Waals surface area contributed by atoms with Gasteiger partial charge in [0.05, 0.1) is 23.6 Å². The van der Waals surface area contributed by atoms with Gasteiger partial charge in [-0.25, -0.2) is 22.6 Å². The van der Waals surface area contributed by atoms with Gasteiger partial charge in [0, 0.05) is 34.9 Å². The summed E-state index contributed by atoms with van der Waals surface area (Å²) in [5.74, 6) is -0.913. The summed E-state index contributed by atoms with van der Waals surface area (Å²) in [7, 11) is -3.00. The Kier molecular flexibility index (Phi) is 7.69. The predicted molar refractivity (Wildman–Crippen MR) is 144 cm³/mol. The maximum absolute atomic E-state index is 14.5. The number of carboxylic acid groups (broad SMARTS) is 1. The minimum Gasteiger partial charge on any atom is -0.494 e. The van der Waals surface area contributed by atoms with Crippen LogP contribution < -0.4 is 4.74 Å². The molecule has 0 amide bonds. The fourth-order valence-electron chi connectivity index (χ4n) is 4.02. The van der Waals surface area contributed by atoms with E-state index in [0.717, 1.165) is 28.3 Å². The lowest BCUT2D eigenvalue weighted by Crippen LogP contribution is -2.08. The van der Waals surface area contributed by atoms with Gasteiger partial charge in [0.1, 0.15) is 21.4 Å². The Morgan fingerprint density at radius 2 is 1.84 bits per heavy atom. The number of halogens is 1. The van der Waals surface area contributed by atoms with Crippen molar-refractivity contribution >= 4 is 32.8 Å². The Hall–Kier alpha value is -4.04. The summed E-state index contributed by atoms with van der Waals surface area (Å²) in [5, 5.41) is 9.50. The Balaban J connectivity index is 1.56. The van der Waals surface area contributed by atoms with Gasteiger partial charge in [0.25, 0.3) is 0 Å². The standard InChI is InChI=1S/C29H26FNO5S/c1-19-15-24(36-13-4-14-37(2,34)35)9-10-25(19)20-5-3-6-22(16-20)27-11-7-23-17-21(8-12-29(32)33)26(30)18-28(23)31-27/h3,5-12,15-18H,4,13-14H2,1-2H3,(H,32,33)/b12-8+. The van der Waals surface area contributed by atoms with E-state index >= 15 is 0 Å². The van der Waals surface area contributed by atoms with Crippen LogP contribution in [0.2, 0.25) is 0 Å². The molecule has 3 aromatic carbocycles. The molecule has 0 aliphatic rings. The summed E-state index contributed by atoms with van der Waals surface area (Å²) in [6.07, 6.45) is 3.77. The lowest BCUT2D eigenvalue weighted by Gasteiger charge is -2.12. The van der Waals surface area contributed by atoms with Crippen molar-refractivity contribution in [2.24, 2.45) is 0 Å². The third-order valence-electron chi connectivity index (χ3n) is 5.81. The summed E-state index contributed by atoms with van der Waals surface area (Å²) in [5.41, 5.74) is 5.23. The molecule has 6 nitrogen and oxygen atoms in total. The maximum Gasteiger partial charge on any atom is 0.328 e. The predicted octanol–water partition coefficient (Wildman–Crippen LogP) is 5.93. The van der Waals surface area contributed by atoms with Crippen LogP contribution in [-0.2, 0) is 14.6 Å². The van der Waals surface area contributed by atoms with Gasteiger partial charge in [0.15, 0.2) is 0 Å². The van der Waals surface area contributed by atoms with Crippen molar-refractivity contribution in [3.63, 3.8) is 0 Å². The molecule has 0 unspecified atom stereocenters.